The van der Waals surface area contributed by atoms with E-state index in [9.17, 15) is 19.2 Å². The molecule has 2 fully saturated rings. The lowest BCUT2D eigenvalue weighted by Crippen LogP contribution is -2.53. The molecule has 1 aromatic heterocycles. The van der Waals surface area contributed by atoms with Gasteiger partial charge in [0, 0.05) is 43.8 Å². The van der Waals surface area contributed by atoms with Crippen LogP contribution in [0.3, 0.4) is 0 Å². The fourth-order valence-electron chi connectivity index (χ4n) is 9.86. The second-order valence-corrected chi connectivity index (χ2v) is 17.3. The highest BCUT2D eigenvalue weighted by molar-refractivity contribution is 6.06. The van der Waals surface area contributed by atoms with Crippen LogP contribution in [-0.2, 0) is 36.8 Å². The molecule has 5 atom stereocenters. The molecule has 0 saturated carbocycles. The van der Waals surface area contributed by atoms with Crippen molar-refractivity contribution in [3.63, 3.8) is 0 Å². The van der Waals surface area contributed by atoms with Crippen molar-refractivity contribution in [2.24, 2.45) is 16.8 Å². The lowest BCUT2D eigenvalue weighted by Gasteiger charge is -2.31. The number of rotatable bonds is 11. The molecule has 0 spiro atoms. The van der Waals surface area contributed by atoms with Gasteiger partial charge in [0.05, 0.1) is 50.5 Å². The second kappa shape index (κ2) is 17.8. The van der Waals surface area contributed by atoms with Gasteiger partial charge in [-0.15, -0.1) is 0 Å². The molecule has 9 rings (SSSR count). The van der Waals surface area contributed by atoms with Crippen LogP contribution in [0.4, 0.5) is 15.3 Å². The zero-order chi connectivity index (χ0) is 44.6. The summed E-state index contributed by atoms with van der Waals surface area (Å²) < 4.78 is 21.7. The van der Waals surface area contributed by atoms with E-state index in [-0.39, 0.29) is 35.7 Å². The molecule has 4 amide bonds. The Morgan fingerprint density at radius 2 is 1.69 bits per heavy atom. The molecule has 4 aliphatic heterocycles. The average molecular weight is 868 g/mol. The standard InChI is InChI=1S/C49H53N7O8/c1-27(2)43(53-48(59)62-4)46(57)55-17-9-12-40(55)38-21-35-34-22-42-36(20-30(34)14-16-37(35)51-38)33-15-13-31(19-32(33)26-64-42)39-23-50-45(52-39)41-18-28(25-61-3)24-56(41)47(58)44(54-49(60)63-5)29-10-7-6-8-11-29/h6-8,10-11,13-16,19-20,22-23,27-28,40-41,43-44H,9,12,17-18,21,24-26H2,1-5H3,(H,50,52)(H,53,59)(H,54,60)/t28-,40-,41-,43-,44+/m0/s1. The highest BCUT2D eigenvalue weighted by atomic mass is 16.5. The fourth-order valence-corrected chi connectivity index (χ4v) is 9.86. The Hall–Kier alpha value is -6.74. The lowest BCUT2D eigenvalue weighted by molar-refractivity contribution is -0.135. The molecule has 4 aromatic carbocycles. The molecule has 0 unspecified atom stereocenters. The van der Waals surface area contributed by atoms with E-state index >= 15 is 0 Å². The van der Waals surface area contributed by atoms with Gasteiger partial charge in [0.25, 0.3) is 5.91 Å². The van der Waals surface area contributed by atoms with E-state index in [2.05, 4.69) is 58.1 Å². The van der Waals surface area contributed by atoms with Crippen LogP contribution in [0.5, 0.6) is 5.75 Å². The van der Waals surface area contributed by atoms with Crippen molar-refractivity contribution in [3.8, 4) is 28.1 Å². The number of imidazole rings is 1. The predicted molar refractivity (Wildman–Crippen MR) is 240 cm³/mol. The summed E-state index contributed by atoms with van der Waals surface area (Å²) in [7, 11) is 4.23. The Morgan fingerprint density at radius 1 is 0.891 bits per heavy atom. The van der Waals surface area contributed by atoms with Crippen LogP contribution >= 0.6 is 0 Å². The van der Waals surface area contributed by atoms with Crippen LogP contribution in [0.1, 0.15) is 67.7 Å². The number of carbonyl (C=O) groups is 4. The Labute approximate surface area is 371 Å². The predicted octanol–water partition coefficient (Wildman–Crippen LogP) is 7.42. The molecule has 5 aromatic rings. The van der Waals surface area contributed by atoms with Crippen molar-refractivity contribution in [1.29, 1.82) is 0 Å². The number of likely N-dealkylation sites (tertiary alicyclic amines) is 2. The number of benzene rings is 4. The largest absolute Gasteiger partial charge is 0.488 e. The average Bonchev–Trinajstić information content (AvgIpc) is 4.15. The van der Waals surface area contributed by atoms with E-state index in [0.717, 1.165) is 74.3 Å². The van der Waals surface area contributed by atoms with Crippen molar-refractivity contribution >= 4 is 46.2 Å². The highest BCUT2D eigenvalue weighted by Crippen LogP contribution is 2.45. The van der Waals surface area contributed by atoms with Gasteiger partial charge in [-0.1, -0.05) is 62.4 Å². The van der Waals surface area contributed by atoms with E-state index in [1.54, 1.807) is 18.2 Å². The first kappa shape index (κ1) is 42.6. The van der Waals surface area contributed by atoms with Gasteiger partial charge < -0.3 is 44.4 Å². The van der Waals surface area contributed by atoms with Crippen LogP contribution in [0.2, 0.25) is 0 Å². The summed E-state index contributed by atoms with van der Waals surface area (Å²) in [5, 5.41) is 7.63. The first-order chi connectivity index (χ1) is 31.0. The van der Waals surface area contributed by atoms with Crippen molar-refractivity contribution in [3.05, 3.63) is 102 Å². The van der Waals surface area contributed by atoms with Crippen LogP contribution in [-0.4, -0.2) is 103 Å². The van der Waals surface area contributed by atoms with E-state index < -0.39 is 24.3 Å². The number of carbonyl (C=O) groups excluding carboxylic acids is 4. The number of alkyl carbamates (subject to hydrolysis) is 2. The van der Waals surface area contributed by atoms with Gasteiger partial charge in [-0.25, -0.2) is 14.6 Å². The minimum Gasteiger partial charge on any atom is -0.488 e. The Bertz CT molecular complexity index is 2640. The third kappa shape index (κ3) is 8.04. The molecule has 0 bridgehead atoms. The number of amides is 4. The quantitative estimate of drug-likeness (QED) is 0.122. The minimum atomic E-state index is -0.943. The molecular weight excluding hydrogens is 815 g/mol. The van der Waals surface area contributed by atoms with Gasteiger partial charge in [-0.3, -0.25) is 14.6 Å². The fraction of sp³-hybridized carbons (Fsp3) is 0.388. The number of hydrogen-bond acceptors (Lipinski definition) is 10. The normalized spacial score (nSPS) is 19.6. The molecule has 0 aliphatic carbocycles. The maximum absolute atomic E-state index is 14.3. The van der Waals surface area contributed by atoms with E-state index in [0.29, 0.717) is 50.5 Å². The first-order valence-electron chi connectivity index (χ1n) is 21.9. The molecule has 64 heavy (non-hydrogen) atoms. The van der Waals surface area contributed by atoms with Gasteiger partial charge in [-0.2, -0.15) is 0 Å². The third-order valence-electron chi connectivity index (χ3n) is 13.0. The van der Waals surface area contributed by atoms with E-state index in [1.165, 1.54) is 14.2 Å². The number of aromatic amines is 1. The number of hydrogen-bond donors (Lipinski definition) is 3. The monoisotopic (exact) mass is 867 g/mol. The van der Waals surface area contributed by atoms with Crippen molar-refractivity contribution in [2.75, 3.05) is 41.0 Å². The van der Waals surface area contributed by atoms with Crippen molar-refractivity contribution in [2.45, 2.75) is 70.3 Å². The number of fused-ring (bicyclic) bond motifs is 6. The number of ether oxygens (including phenoxy) is 4. The Morgan fingerprint density at radius 3 is 2.45 bits per heavy atom. The smallest absolute Gasteiger partial charge is 0.407 e. The summed E-state index contributed by atoms with van der Waals surface area (Å²) in [4.78, 5) is 69.7. The molecule has 15 heteroatoms. The maximum Gasteiger partial charge on any atom is 0.407 e. The molecule has 5 heterocycles. The van der Waals surface area contributed by atoms with Crippen LogP contribution in [0.15, 0.2) is 84.0 Å². The number of aromatic nitrogens is 2. The third-order valence-corrected chi connectivity index (χ3v) is 13.0. The topological polar surface area (TPSA) is 177 Å². The van der Waals surface area contributed by atoms with Crippen LogP contribution < -0.4 is 15.4 Å². The second-order valence-electron chi connectivity index (χ2n) is 17.3. The van der Waals surface area contributed by atoms with Crippen LogP contribution in [0, 0.1) is 11.8 Å². The lowest BCUT2D eigenvalue weighted by atomic mass is 9.90. The molecule has 332 valence electrons. The maximum atomic E-state index is 14.3. The SMILES string of the molecule is COC[C@H]1C[C@@H](c2ncc(-c3ccc4c(c3)COc3cc5c6c(ccc5cc3-4)N=C([C@@H]3CCCN3C(=O)[C@@H](NC(=O)OC)C(C)C)C6)[nH]2)N(C(=O)[C@H](NC(=O)OC)c2ccccc2)C1. The summed E-state index contributed by atoms with van der Waals surface area (Å²) in [6.07, 6.45) is 3.43. The summed E-state index contributed by atoms with van der Waals surface area (Å²) in [5.74, 6) is 1.05. The zero-order valence-corrected chi connectivity index (χ0v) is 36.7. The molecule has 4 aliphatic rings. The molecule has 0 radical (unpaired) electrons. The van der Waals surface area contributed by atoms with Gasteiger partial charge in [0.2, 0.25) is 5.91 Å². The summed E-state index contributed by atoms with van der Waals surface area (Å²) in [6, 6.07) is 21.8. The minimum absolute atomic E-state index is 0.0731. The molecule has 2 saturated heterocycles. The van der Waals surface area contributed by atoms with Crippen molar-refractivity contribution < 1.29 is 38.1 Å². The Balaban J connectivity index is 0.942. The number of methoxy groups -OCH3 is 3. The highest BCUT2D eigenvalue weighted by Gasteiger charge is 2.42. The van der Waals surface area contributed by atoms with Gasteiger partial charge in [-0.05, 0) is 88.0 Å². The number of nitrogens with one attached hydrogen (secondary N) is 3. The van der Waals surface area contributed by atoms with Crippen molar-refractivity contribution in [1.82, 2.24) is 30.4 Å². The first-order valence-corrected chi connectivity index (χ1v) is 21.9. The number of H-pyrrole nitrogens is 1. The molecular formula is C49H53N7O8. The molecule has 15 nitrogen and oxygen atoms in total. The summed E-state index contributed by atoms with van der Waals surface area (Å²) in [5.41, 5.74) is 8.52. The number of aliphatic imine (C=N–C) groups is 1. The van der Waals surface area contributed by atoms with Gasteiger partial charge >= 0.3 is 12.2 Å². The van der Waals surface area contributed by atoms with Gasteiger partial charge in [0.1, 0.15) is 30.3 Å². The summed E-state index contributed by atoms with van der Waals surface area (Å²) in [6.45, 7) is 5.75. The van der Waals surface area contributed by atoms with E-state index in [4.69, 9.17) is 28.9 Å². The Kier molecular flexibility index (Phi) is 11.8. The molecule has 3 N–H and O–H groups in total. The van der Waals surface area contributed by atoms with Gasteiger partial charge in [0.15, 0.2) is 0 Å². The summed E-state index contributed by atoms with van der Waals surface area (Å²) >= 11 is 0. The zero-order valence-electron chi connectivity index (χ0n) is 36.7. The number of nitrogens with zero attached hydrogens (tertiary/aromatic N) is 4. The van der Waals surface area contributed by atoms with Crippen LogP contribution in [0.25, 0.3) is 33.2 Å². The van der Waals surface area contributed by atoms with E-state index in [1.807, 2.05) is 49.1 Å².